The second-order valence-corrected chi connectivity index (χ2v) is 10.4. The molecule has 0 aliphatic heterocycles. The van der Waals surface area contributed by atoms with Crippen LogP contribution in [0.5, 0.6) is 0 Å². The van der Waals surface area contributed by atoms with Gasteiger partial charge in [-0.3, -0.25) is 4.98 Å². The first-order valence-electron chi connectivity index (χ1n) is 11.6. The van der Waals surface area contributed by atoms with E-state index in [0.29, 0.717) is 24.2 Å². The normalized spacial score (nSPS) is 34.9. The fourth-order valence-electron chi connectivity index (χ4n) is 7.57. The molecule has 2 fully saturated rings. The molecule has 2 saturated carbocycles. The number of hydrogen-bond donors (Lipinski definition) is 1. The van der Waals surface area contributed by atoms with Crippen molar-refractivity contribution in [3.05, 3.63) is 70.1 Å². The lowest BCUT2D eigenvalue weighted by Gasteiger charge is -2.55. The quantitative estimate of drug-likeness (QED) is 0.568. The van der Waals surface area contributed by atoms with Crippen LogP contribution in [0.3, 0.4) is 0 Å². The van der Waals surface area contributed by atoms with E-state index >= 15 is 0 Å². The van der Waals surface area contributed by atoms with Crippen LogP contribution in [0, 0.1) is 36.6 Å². The highest BCUT2D eigenvalue weighted by Crippen LogP contribution is 2.67. The number of benzene rings is 1. The van der Waals surface area contributed by atoms with Gasteiger partial charge in [-0.05, 0) is 92.0 Å². The lowest BCUT2D eigenvalue weighted by molar-refractivity contribution is -0.116. The van der Waals surface area contributed by atoms with Crippen molar-refractivity contribution in [2.24, 2.45) is 17.3 Å². The molecule has 31 heavy (non-hydrogen) atoms. The van der Waals surface area contributed by atoms with E-state index in [1.807, 2.05) is 25.3 Å². The molecule has 4 unspecified atom stereocenters. The Kier molecular flexibility index (Phi) is 4.75. The van der Waals surface area contributed by atoms with Crippen molar-refractivity contribution in [3.8, 4) is 0 Å². The maximum Gasteiger partial charge on any atom is 0.222 e. The SMILES string of the molecule is [C-]#[N+]c1ccc2c(c1F)CCC1C2CC[C@@]2(C)C1CC[C@@]2(O)C(C)c1ccnc(C)c1. The summed E-state index contributed by atoms with van der Waals surface area (Å²) < 4.78 is 14.8. The smallest absolute Gasteiger partial charge is 0.222 e. The van der Waals surface area contributed by atoms with Gasteiger partial charge in [0, 0.05) is 23.2 Å². The van der Waals surface area contributed by atoms with Crippen LogP contribution in [-0.4, -0.2) is 15.7 Å². The van der Waals surface area contributed by atoms with Gasteiger partial charge in [0.05, 0.1) is 12.2 Å². The van der Waals surface area contributed by atoms with Gasteiger partial charge in [-0.1, -0.05) is 26.0 Å². The number of pyridine rings is 1. The van der Waals surface area contributed by atoms with E-state index in [9.17, 15) is 9.50 Å². The number of aromatic nitrogens is 1. The van der Waals surface area contributed by atoms with E-state index in [1.165, 1.54) is 5.56 Å². The Morgan fingerprint density at radius 1 is 1.23 bits per heavy atom. The molecule has 1 aromatic heterocycles. The molecule has 3 nitrogen and oxygen atoms in total. The van der Waals surface area contributed by atoms with Crippen LogP contribution < -0.4 is 0 Å². The molecule has 1 aromatic carbocycles. The summed E-state index contributed by atoms with van der Waals surface area (Å²) in [5.74, 6) is 1.01. The number of halogens is 1. The lowest BCUT2D eigenvalue weighted by atomic mass is 9.51. The second kappa shape index (κ2) is 7.14. The maximum absolute atomic E-state index is 14.8. The van der Waals surface area contributed by atoms with Gasteiger partial charge < -0.3 is 5.11 Å². The van der Waals surface area contributed by atoms with Gasteiger partial charge in [0.1, 0.15) is 5.82 Å². The molecule has 5 rings (SSSR count). The number of fused-ring (bicyclic) bond motifs is 5. The molecule has 2 aromatic rings. The summed E-state index contributed by atoms with van der Waals surface area (Å²) in [7, 11) is 0. The van der Waals surface area contributed by atoms with Crippen molar-refractivity contribution in [2.45, 2.75) is 76.7 Å². The Morgan fingerprint density at radius 3 is 2.77 bits per heavy atom. The van der Waals surface area contributed by atoms with Crippen LogP contribution in [0.2, 0.25) is 0 Å². The number of aryl methyl sites for hydroxylation is 1. The Labute approximate surface area is 184 Å². The van der Waals surface area contributed by atoms with Crippen LogP contribution in [-0.2, 0) is 6.42 Å². The molecule has 0 saturated heterocycles. The van der Waals surface area contributed by atoms with Gasteiger partial charge in [-0.2, -0.15) is 0 Å². The zero-order chi connectivity index (χ0) is 22.0. The topological polar surface area (TPSA) is 37.5 Å². The molecule has 0 spiro atoms. The molecule has 0 amide bonds. The third-order valence-corrected chi connectivity index (χ3v) is 9.30. The monoisotopic (exact) mass is 418 g/mol. The Morgan fingerprint density at radius 2 is 2.03 bits per heavy atom. The average molecular weight is 419 g/mol. The highest BCUT2D eigenvalue weighted by atomic mass is 19.1. The van der Waals surface area contributed by atoms with E-state index in [1.54, 1.807) is 6.07 Å². The van der Waals surface area contributed by atoms with Crippen molar-refractivity contribution < 1.29 is 9.50 Å². The summed E-state index contributed by atoms with van der Waals surface area (Å²) >= 11 is 0. The third kappa shape index (κ3) is 2.82. The molecule has 0 bridgehead atoms. The summed E-state index contributed by atoms with van der Waals surface area (Å²) in [5.41, 5.74) is 3.31. The largest absolute Gasteiger partial charge is 0.389 e. The summed E-state index contributed by atoms with van der Waals surface area (Å²) in [5, 5.41) is 12.1. The average Bonchev–Trinajstić information content (AvgIpc) is 3.05. The minimum absolute atomic E-state index is 0.0512. The number of rotatable bonds is 2. The van der Waals surface area contributed by atoms with Gasteiger partial charge in [-0.25, -0.2) is 9.24 Å². The van der Waals surface area contributed by atoms with Crippen molar-refractivity contribution in [1.29, 1.82) is 0 Å². The highest BCUT2D eigenvalue weighted by Gasteiger charge is 2.63. The van der Waals surface area contributed by atoms with Crippen LogP contribution >= 0.6 is 0 Å². The maximum atomic E-state index is 14.8. The molecule has 1 N–H and O–H groups in total. The molecule has 6 atom stereocenters. The van der Waals surface area contributed by atoms with Crippen molar-refractivity contribution in [2.75, 3.05) is 0 Å². The molecular formula is C27H31FN2O. The van der Waals surface area contributed by atoms with E-state index < -0.39 is 5.60 Å². The number of hydrogen-bond acceptors (Lipinski definition) is 2. The molecule has 3 aliphatic carbocycles. The van der Waals surface area contributed by atoms with Gasteiger partial charge in [0.15, 0.2) is 0 Å². The van der Waals surface area contributed by atoms with Crippen molar-refractivity contribution in [3.63, 3.8) is 0 Å². The van der Waals surface area contributed by atoms with Crippen LogP contribution in [0.1, 0.15) is 80.2 Å². The van der Waals surface area contributed by atoms with Crippen LogP contribution in [0.15, 0.2) is 30.5 Å². The molecule has 1 heterocycles. The Balaban J connectivity index is 1.49. The van der Waals surface area contributed by atoms with Gasteiger partial charge in [-0.15, -0.1) is 0 Å². The molecule has 3 aliphatic rings. The van der Waals surface area contributed by atoms with E-state index in [-0.39, 0.29) is 22.8 Å². The Hall–Kier alpha value is -2.25. The predicted octanol–water partition coefficient (Wildman–Crippen LogP) is 6.47. The van der Waals surface area contributed by atoms with Crippen LogP contribution in [0.4, 0.5) is 10.1 Å². The fraction of sp³-hybridized carbons (Fsp3) is 0.556. The van der Waals surface area contributed by atoms with Crippen molar-refractivity contribution in [1.82, 2.24) is 4.98 Å². The summed E-state index contributed by atoms with van der Waals surface area (Å²) in [6.45, 7) is 13.7. The number of nitrogens with zero attached hydrogens (tertiary/aromatic N) is 2. The summed E-state index contributed by atoms with van der Waals surface area (Å²) in [4.78, 5) is 7.69. The lowest BCUT2D eigenvalue weighted by Crippen LogP contribution is -2.53. The van der Waals surface area contributed by atoms with E-state index in [4.69, 9.17) is 6.57 Å². The fourth-order valence-corrected chi connectivity index (χ4v) is 7.57. The zero-order valence-corrected chi connectivity index (χ0v) is 18.7. The molecule has 162 valence electrons. The minimum Gasteiger partial charge on any atom is -0.389 e. The van der Waals surface area contributed by atoms with Crippen molar-refractivity contribution >= 4 is 5.69 Å². The highest BCUT2D eigenvalue weighted by molar-refractivity contribution is 5.53. The van der Waals surface area contributed by atoms with Gasteiger partial charge in [0.2, 0.25) is 5.69 Å². The third-order valence-electron chi connectivity index (χ3n) is 9.30. The first kappa shape index (κ1) is 20.6. The first-order valence-corrected chi connectivity index (χ1v) is 11.6. The zero-order valence-electron chi connectivity index (χ0n) is 18.7. The minimum atomic E-state index is -0.740. The molecule has 0 radical (unpaired) electrons. The summed E-state index contributed by atoms with van der Waals surface area (Å²) in [6.07, 6.45) is 7.28. The Bertz CT molecular complexity index is 1080. The van der Waals surface area contributed by atoms with E-state index in [2.05, 4.69) is 29.7 Å². The standard InChI is InChI=1S/C27H31FN2O/c1-16-15-18(11-14-30-16)17(2)27(31)13-10-23-21-5-6-22-19(7-8-24(29-4)25(22)28)20(21)9-12-26(23,27)3/h7-8,11,14-15,17,20-21,23,31H,5-6,9-10,12-13H2,1-3H3/t17?,20?,21?,23?,26-,27+/m0/s1. The molecule has 4 heteroatoms. The first-order chi connectivity index (χ1) is 14.8. The van der Waals surface area contributed by atoms with Gasteiger partial charge in [0.25, 0.3) is 0 Å². The van der Waals surface area contributed by atoms with E-state index in [0.717, 1.165) is 48.9 Å². The second-order valence-electron chi connectivity index (χ2n) is 10.4. The van der Waals surface area contributed by atoms with Gasteiger partial charge >= 0.3 is 0 Å². The summed E-state index contributed by atoms with van der Waals surface area (Å²) in [6, 6.07) is 7.83. The number of aliphatic hydroxyl groups is 1. The predicted molar refractivity (Wildman–Crippen MR) is 120 cm³/mol. The van der Waals surface area contributed by atoms with Crippen LogP contribution in [0.25, 0.3) is 4.85 Å². The molecular weight excluding hydrogens is 387 g/mol.